The Labute approximate surface area is 157 Å². The molecule has 2 aromatic carbocycles. The van der Waals surface area contributed by atoms with Crippen LogP contribution in [0.5, 0.6) is 5.75 Å². The number of hydrogen-bond acceptors (Lipinski definition) is 3. The molecule has 1 heterocycles. The highest BCUT2D eigenvalue weighted by atomic mass is 35.5. The summed E-state index contributed by atoms with van der Waals surface area (Å²) in [5.41, 5.74) is 0.754. The topological polar surface area (TPSA) is 61.9 Å². The average Bonchev–Trinajstić information content (AvgIpc) is 2.68. The number of ether oxygens (including phenoxy) is 1. The van der Waals surface area contributed by atoms with E-state index >= 15 is 0 Å². The van der Waals surface area contributed by atoms with E-state index in [1.165, 1.54) is 0 Å². The number of benzene rings is 2. The Morgan fingerprint density at radius 3 is 2.23 bits per heavy atom. The van der Waals surface area contributed by atoms with Gasteiger partial charge in [0.05, 0.1) is 5.02 Å². The Balaban J connectivity index is 1.45. The molecule has 1 fully saturated rings. The second-order valence-electron chi connectivity index (χ2n) is 5.88. The number of amides is 3. The lowest BCUT2D eigenvalue weighted by molar-refractivity contribution is -0.134. The van der Waals surface area contributed by atoms with Crippen LogP contribution >= 0.6 is 11.6 Å². The van der Waals surface area contributed by atoms with Crippen LogP contribution < -0.4 is 10.1 Å². The van der Waals surface area contributed by atoms with Crippen molar-refractivity contribution in [2.75, 3.05) is 38.1 Å². The van der Waals surface area contributed by atoms with E-state index in [4.69, 9.17) is 16.3 Å². The van der Waals surface area contributed by atoms with Crippen LogP contribution in [0.1, 0.15) is 0 Å². The fourth-order valence-electron chi connectivity index (χ4n) is 2.68. The van der Waals surface area contributed by atoms with Crippen molar-refractivity contribution < 1.29 is 14.3 Å². The van der Waals surface area contributed by atoms with Gasteiger partial charge in [-0.05, 0) is 24.3 Å². The van der Waals surface area contributed by atoms with Crippen LogP contribution in [0.2, 0.25) is 5.02 Å². The van der Waals surface area contributed by atoms with Gasteiger partial charge in [0.1, 0.15) is 5.75 Å². The Bertz CT molecular complexity index is 762. The van der Waals surface area contributed by atoms with E-state index < -0.39 is 0 Å². The summed E-state index contributed by atoms with van der Waals surface area (Å²) in [6.07, 6.45) is 0. The van der Waals surface area contributed by atoms with Crippen LogP contribution in [0.3, 0.4) is 0 Å². The number of carbonyl (C=O) groups is 2. The molecule has 7 heteroatoms. The number of piperazine rings is 1. The van der Waals surface area contributed by atoms with Crippen LogP contribution in [0.25, 0.3) is 0 Å². The first kappa shape index (κ1) is 18.1. The third-order valence-electron chi connectivity index (χ3n) is 4.13. The van der Waals surface area contributed by atoms with E-state index in [9.17, 15) is 9.59 Å². The molecule has 0 aliphatic carbocycles. The average molecular weight is 374 g/mol. The summed E-state index contributed by atoms with van der Waals surface area (Å²) in [5.74, 6) is 0.372. The number of carbonyl (C=O) groups excluding carboxylic acids is 2. The molecular formula is C19H20ClN3O3. The van der Waals surface area contributed by atoms with Crippen molar-refractivity contribution in [2.24, 2.45) is 0 Å². The molecule has 0 aromatic heterocycles. The van der Waals surface area contributed by atoms with E-state index in [-0.39, 0.29) is 18.5 Å². The molecule has 2 aromatic rings. The molecule has 3 amide bonds. The highest BCUT2D eigenvalue weighted by Gasteiger charge is 2.24. The molecule has 0 unspecified atom stereocenters. The second kappa shape index (κ2) is 8.58. The quantitative estimate of drug-likeness (QED) is 0.895. The van der Waals surface area contributed by atoms with Crippen molar-refractivity contribution in [3.05, 3.63) is 59.6 Å². The fourth-order valence-corrected chi connectivity index (χ4v) is 2.87. The maximum absolute atomic E-state index is 12.3. The lowest BCUT2D eigenvalue weighted by Gasteiger charge is -2.34. The lowest BCUT2D eigenvalue weighted by atomic mass is 10.3. The van der Waals surface area contributed by atoms with Gasteiger partial charge in [0.25, 0.3) is 5.91 Å². The largest absolute Gasteiger partial charge is 0.482 e. The molecule has 0 radical (unpaired) electrons. The van der Waals surface area contributed by atoms with E-state index in [2.05, 4.69) is 5.32 Å². The summed E-state index contributed by atoms with van der Waals surface area (Å²) in [6.45, 7) is 1.85. The molecular weight excluding hydrogens is 354 g/mol. The van der Waals surface area contributed by atoms with Gasteiger partial charge >= 0.3 is 6.03 Å². The molecule has 1 N–H and O–H groups in total. The van der Waals surface area contributed by atoms with Crippen molar-refractivity contribution in [2.45, 2.75) is 0 Å². The highest BCUT2D eigenvalue weighted by Crippen LogP contribution is 2.23. The molecule has 0 saturated carbocycles. The minimum Gasteiger partial charge on any atom is -0.482 e. The first-order valence-electron chi connectivity index (χ1n) is 8.39. The zero-order chi connectivity index (χ0) is 18.4. The third-order valence-corrected chi connectivity index (χ3v) is 4.44. The molecule has 26 heavy (non-hydrogen) atoms. The zero-order valence-corrected chi connectivity index (χ0v) is 15.0. The maximum atomic E-state index is 12.3. The van der Waals surface area contributed by atoms with Crippen LogP contribution in [0, 0.1) is 0 Å². The molecule has 6 nitrogen and oxygen atoms in total. The van der Waals surface area contributed by atoms with Gasteiger partial charge in [-0.25, -0.2) is 4.79 Å². The summed E-state index contributed by atoms with van der Waals surface area (Å²) >= 11 is 6.01. The lowest BCUT2D eigenvalue weighted by Crippen LogP contribution is -2.52. The highest BCUT2D eigenvalue weighted by molar-refractivity contribution is 6.32. The van der Waals surface area contributed by atoms with Crippen molar-refractivity contribution in [3.8, 4) is 5.75 Å². The number of halogens is 1. The Morgan fingerprint density at radius 2 is 1.54 bits per heavy atom. The van der Waals surface area contributed by atoms with Crippen LogP contribution in [0.15, 0.2) is 54.6 Å². The van der Waals surface area contributed by atoms with Gasteiger partial charge in [-0.3, -0.25) is 4.79 Å². The van der Waals surface area contributed by atoms with Crippen molar-refractivity contribution in [1.82, 2.24) is 9.80 Å². The summed E-state index contributed by atoms with van der Waals surface area (Å²) in [7, 11) is 0. The zero-order valence-electron chi connectivity index (χ0n) is 14.2. The third kappa shape index (κ3) is 4.67. The SMILES string of the molecule is O=C(COc1ccccc1Cl)N1CCN(C(=O)Nc2ccccc2)CC1. The maximum Gasteiger partial charge on any atom is 0.321 e. The number of nitrogens with zero attached hydrogens (tertiary/aromatic N) is 2. The molecule has 3 rings (SSSR count). The molecule has 0 atom stereocenters. The van der Waals surface area contributed by atoms with Crippen LogP contribution in [0.4, 0.5) is 10.5 Å². The molecule has 1 saturated heterocycles. The number of nitrogens with one attached hydrogen (secondary N) is 1. The predicted molar refractivity (Wildman–Crippen MR) is 101 cm³/mol. The molecule has 0 spiro atoms. The van der Waals surface area contributed by atoms with Gasteiger partial charge in [0.15, 0.2) is 6.61 Å². The van der Waals surface area contributed by atoms with Crippen molar-refractivity contribution in [1.29, 1.82) is 0 Å². The van der Waals surface area contributed by atoms with Crippen LogP contribution in [-0.2, 0) is 4.79 Å². The van der Waals surface area contributed by atoms with E-state index in [0.717, 1.165) is 5.69 Å². The first-order chi connectivity index (χ1) is 12.6. The van der Waals surface area contributed by atoms with E-state index in [1.54, 1.807) is 34.1 Å². The molecule has 0 bridgehead atoms. The Kier molecular flexibility index (Phi) is 5.96. The standard InChI is InChI=1S/C19H20ClN3O3/c20-16-8-4-5-9-17(16)26-14-18(24)22-10-12-23(13-11-22)19(25)21-15-6-2-1-3-7-15/h1-9H,10-14H2,(H,21,25). The van der Waals surface area contributed by atoms with Gasteiger partial charge in [0.2, 0.25) is 0 Å². The van der Waals surface area contributed by atoms with Gasteiger partial charge in [-0.15, -0.1) is 0 Å². The van der Waals surface area contributed by atoms with Gasteiger partial charge in [0, 0.05) is 31.9 Å². The number of anilines is 1. The second-order valence-corrected chi connectivity index (χ2v) is 6.29. The van der Waals surface area contributed by atoms with Gasteiger partial charge in [-0.1, -0.05) is 41.9 Å². The van der Waals surface area contributed by atoms with Crippen molar-refractivity contribution >= 4 is 29.2 Å². The predicted octanol–water partition coefficient (Wildman–Crippen LogP) is 3.10. The van der Waals surface area contributed by atoms with E-state index in [1.807, 2.05) is 30.3 Å². The first-order valence-corrected chi connectivity index (χ1v) is 8.77. The number of hydrogen-bond donors (Lipinski definition) is 1. The van der Waals surface area contributed by atoms with Gasteiger partial charge < -0.3 is 19.9 Å². The fraction of sp³-hybridized carbons (Fsp3) is 0.263. The number of para-hydroxylation sites is 2. The summed E-state index contributed by atoms with van der Waals surface area (Å²) in [6, 6.07) is 16.2. The summed E-state index contributed by atoms with van der Waals surface area (Å²) < 4.78 is 5.49. The minimum absolute atomic E-state index is 0.0695. The minimum atomic E-state index is -0.157. The van der Waals surface area contributed by atoms with Crippen LogP contribution in [-0.4, -0.2) is 54.5 Å². The monoisotopic (exact) mass is 373 g/mol. The van der Waals surface area contributed by atoms with E-state index in [0.29, 0.717) is 37.0 Å². The molecule has 1 aliphatic heterocycles. The number of rotatable bonds is 4. The van der Waals surface area contributed by atoms with Crippen molar-refractivity contribution in [3.63, 3.8) is 0 Å². The Morgan fingerprint density at radius 1 is 0.923 bits per heavy atom. The van der Waals surface area contributed by atoms with Gasteiger partial charge in [-0.2, -0.15) is 0 Å². The summed E-state index contributed by atoms with van der Waals surface area (Å²) in [4.78, 5) is 28.0. The molecule has 1 aliphatic rings. The normalized spacial score (nSPS) is 14.0. The molecule has 136 valence electrons. The smallest absolute Gasteiger partial charge is 0.321 e. The Hall–Kier alpha value is -2.73. The summed E-state index contributed by atoms with van der Waals surface area (Å²) in [5, 5.41) is 3.33. The number of urea groups is 1.